The Kier molecular flexibility index (Phi) is 6.10. The van der Waals surface area contributed by atoms with E-state index in [1.54, 1.807) is 0 Å². The van der Waals surface area contributed by atoms with Gasteiger partial charge >= 0.3 is 0 Å². The molecule has 1 aromatic carbocycles. The highest BCUT2D eigenvalue weighted by Crippen LogP contribution is 2.18. The summed E-state index contributed by atoms with van der Waals surface area (Å²) < 4.78 is 26.7. The number of sulfonamides is 1. The van der Waals surface area contributed by atoms with Gasteiger partial charge in [0, 0.05) is 31.3 Å². The third-order valence-electron chi connectivity index (χ3n) is 3.27. The predicted octanol–water partition coefficient (Wildman–Crippen LogP) is 0.591. The SMILES string of the molecule is CCNC(=NCCNS(=O)(=O)c1cccc([N+](=O)[O-])c1)NC1CC1. The standard InChI is InChI=1S/C14H21N5O4S/c1-2-15-14(18-11-6-7-11)16-8-9-17-24(22,23)13-5-3-4-12(10-13)19(20)21/h3-5,10-11,17H,2,6-9H2,1H3,(H2,15,16,18). The van der Waals surface area contributed by atoms with Gasteiger partial charge in [-0.1, -0.05) is 6.07 Å². The van der Waals surface area contributed by atoms with Gasteiger partial charge in [0.05, 0.1) is 16.4 Å². The van der Waals surface area contributed by atoms with Gasteiger partial charge in [0.1, 0.15) is 0 Å². The Morgan fingerprint density at radius 1 is 1.42 bits per heavy atom. The van der Waals surface area contributed by atoms with Crippen molar-refractivity contribution >= 4 is 21.7 Å². The fourth-order valence-electron chi connectivity index (χ4n) is 1.94. The van der Waals surface area contributed by atoms with Gasteiger partial charge in [-0.2, -0.15) is 0 Å². The second-order valence-corrected chi connectivity index (χ2v) is 7.10. The summed E-state index contributed by atoms with van der Waals surface area (Å²) in [7, 11) is -3.80. The van der Waals surface area contributed by atoms with E-state index in [-0.39, 0.29) is 23.7 Å². The molecule has 0 aromatic heterocycles. The van der Waals surface area contributed by atoms with Gasteiger partial charge in [-0.15, -0.1) is 0 Å². The molecule has 0 radical (unpaired) electrons. The molecule has 1 saturated carbocycles. The van der Waals surface area contributed by atoms with Crippen LogP contribution >= 0.6 is 0 Å². The highest BCUT2D eigenvalue weighted by Gasteiger charge is 2.22. The lowest BCUT2D eigenvalue weighted by atomic mass is 10.3. The van der Waals surface area contributed by atoms with Crippen molar-refractivity contribution in [3.63, 3.8) is 0 Å². The number of non-ortho nitro benzene ring substituents is 1. The zero-order chi connectivity index (χ0) is 17.6. The molecule has 9 nitrogen and oxygen atoms in total. The van der Waals surface area contributed by atoms with Crippen LogP contribution in [-0.4, -0.2) is 45.0 Å². The molecule has 1 fully saturated rings. The fraction of sp³-hybridized carbons (Fsp3) is 0.500. The number of hydrogen-bond donors (Lipinski definition) is 3. The van der Waals surface area contributed by atoms with Crippen LogP contribution in [0.2, 0.25) is 0 Å². The Hall–Kier alpha value is -2.20. The van der Waals surface area contributed by atoms with Crippen molar-refractivity contribution in [1.29, 1.82) is 0 Å². The van der Waals surface area contributed by atoms with E-state index in [9.17, 15) is 18.5 Å². The molecule has 0 amide bonds. The predicted molar refractivity (Wildman–Crippen MR) is 90.4 cm³/mol. The molecule has 0 unspecified atom stereocenters. The maximum absolute atomic E-state index is 12.2. The van der Waals surface area contributed by atoms with E-state index in [0.29, 0.717) is 12.0 Å². The molecule has 132 valence electrons. The fourth-order valence-corrected chi connectivity index (χ4v) is 3.00. The highest BCUT2D eigenvalue weighted by molar-refractivity contribution is 7.89. The molecule has 0 aliphatic heterocycles. The minimum absolute atomic E-state index is 0.103. The second-order valence-electron chi connectivity index (χ2n) is 5.33. The summed E-state index contributed by atoms with van der Waals surface area (Å²) in [6, 6.07) is 5.38. The first-order valence-electron chi connectivity index (χ1n) is 7.71. The molecule has 10 heteroatoms. The van der Waals surface area contributed by atoms with Gasteiger partial charge in [-0.05, 0) is 25.8 Å². The Bertz CT molecular complexity index is 716. The smallest absolute Gasteiger partial charge is 0.270 e. The molecule has 0 saturated heterocycles. The summed E-state index contributed by atoms with van der Waals surface area (Å²) in [5.41, 5.74) is -0.265. The number of nitro groups is 1. The molecule has 3 N–H and O–H groups in total. The Morgan fingerprint density at radius 3 is 2.79 bits per heavy atom. The molecular weight excluding hydrogens is 334 g/mol. The van der Waals surface area contributed by atoms with Gasteiger partial charge in [0.15, 0.2) is 5.96 Å². The summed E-state index contributed by atoms with van der Waals surface area (Å²) in [5.74, 6) is 0.662. The van der Waals surface area contributed by atoms with Crippen molar-refractivity contribution in [2.75, 3.05) is 19.6 Å². The van der Waals surface area contributed by atoms with E-state index in [4.69, 9.17) is 0 Å². The van der Waals surface area contributed by atoms with E-state index in [1.807, 2.05) is 6.92 Å². The topological polar surface area (TPSA) is 126 Å². The molecule has 1 aliphatic rings. The normalized spacial score (nSPS) is 15.1. The Morgan fingerprint density at radius 2 is 2.17 bits per heavy atom. The number of guanidine groups is 1. The van der Waals surface area contributed by atoms with Crippen molar-refractivity contribution in [2.24, 2.45) is 4.99 Å². The van der Waals surface area contributed by atoms with Crippen LogP contribution in [0.3, 0.4) is 0 Å². The molecule has 0 spiro atoms. The van der Waals surface area contributed by atoms with Crippen LogP contribution in [0.15, 0.2) is 34.2 Å². The van der Waals surface area contributed by atoms with E-state index < -0.39 is 14.9 Å². The first-order chi connectivity index (χ1) is 11.4. The van der Waals surface area contributed by atoms with Crippen LogP contribution in [-0.2, 0) is 10.0 Å². The molecule has 1 aromatic rings. The van der Waals surface area contributed by atoms with Crippen molar-refractivity contribution in [2.45, 2.75) is 30.7 Å². The molecule has 1 aliphatic carbocycles. The van der Waals surface area contributed by atoms with Crippen LogP contribution in [0.5, 0.6) is 0 Å². The van der Waals surface area contributed by atoms with E-state index in [1.165, 1.54) is 18.2 Å². The third-order valence-corrected chi connectivity index (χ3v) is 4.73. The quantitative estimate of drug-likeness (QED) is 0.206. The van der Waals surface area contributed by atoms with Crippen LogP contribution in [0.25, 0.3) is 0 Å². The average Bonchev–Trinajstić information content (AvgIpc) is 3.36. The second kappa shape index (κ2) is 8.06. The third kappa shape index (κ3) is 5.46. The molecule has 2 rings (SSSR count). The van der Waals surface area contributed by atoms with Crippen LogP contribution in [0.4, 0.5) is 5.69 Å². The van der Waals surface area contributed by atoms with Crippen molar-refractivity contribution in [1.82, 2.24) is 15.4 Å². The molecule has 24 heavy (non-hydrogen) atoms. The van der Waals surface area contributed by atoms with Crippen molar-refractivity contribution < 1.29 is 13.3 Å². The van der Waals surface area contributed by atoms with Gasteiger partial charge in [-0.3, -0.25) is 15.1 Å². The zero-order valence-corrected chi connectivity index (χ0v) is 14.2. The molecular formula is C14H21N5O4S. The maximum atomic E-state index is 12.2. The van der Waals surface area contributed by atoms with E-state index >= 15 is 0 Å². The Labute approximate surface area is 140 Å². The maximum Gasteiger partial charge on any atom is 0.270 e. The molecule has 0 atom stereocenters. The van der Waals surface area contributed by atoms with Gasteiger partial charge in [0.2, 0.25) is 10.0 Å². The first kappa shape index (κ1) is 18.1. The summed E-state index contributed by atoms with van der Waals surface area (Å²) in [6.07, 6.45) is 2.23. The number of hydrogen-bond acceptors (Lipinski definition) is 5. The number of nitro benzene ring substituents is 1. The summed E-state index contributed by atoms with van der Waals surface area (Å²) in [5, 5.41) is 17.0. The largest absolute Gasteiger partial charge is 0.357 e. The van der Waals surface area contributed by atoms with Crippen molar-refractivity contribution in [3.8, 4) is 0 Å². The minimum atomic E-state index is -3.80. The van der Waals surface area contributed by atoms with Gasteiger partial charge < -0.3 is 10.6 Å². The van der Waals surface area contributed by atoms with Crippen LogP contribution in [0.1, 0.15) is 19.8 Å². The van der Waals surface area contributed by atoms with Gasteiger partial charge in [0.25, 0.3) is 5.69 Å². The molecule has 0 heterocycles. The number of rotatable bonds is 8. The van der Waals surface area contributed by atoms with Crippen molar-refractivity contribution in [3.05, 3.63) is 34.4 Å². The lowest BCUT2D eigenvalue weighted by Crippen LogP contribution is -2.39. The van der Waals surface area contributed by atoms with E-state index in [2.05, 4.69) is 20.3 Å². The van der Waals surface area contributed by atoms with E-state index in [0.717, 1.165) is 25.5 Å². The summed E-state index contributed by atoms with van der Waals surface area (Å²) in [4.78, 5) is 14.3. The first-order valence-corrected chi connectivity index (χ1v) is 9.19. The number of nitrogens with zero attached hydrogens (tertiary/aromatic N) is 2. The highest BCUT2D eigenvalue weighted by atomic mass is 32.2. The monoisotopic (exact) mass is 355 g/mol. The average molecular weight is 355 g/mol. The Balaban J connectivity index is 1.92. The van der Waals surface area contributed by atoms with Gasteiger partial charge in [-0.25, -0.2) is 13.1 Å². The minimum Gasteiger partial charge on any atom is -0.357 e. The number of benzene rings is 1. The summed E-state index contributed by atoms with van der Waals surface area (Å²) >= 11 is 0. The number of aliphatic imine (C=N–C) groups is 1. The lowest BCUT2D eigenvalue weighted by molar-refractivity contribution is -0.385. The zero-order valence-electron chi connectivity index (χ0n) is 13.4. The summed E-state index contributed by atoms with van der Waals surface area (Å²) in [6.45, 7) is 3.04. The lowest BCUT2D eigenvalue weighted by Gasteiger charge is -2.10. The number of nitrogens with one attached hydrogen (secondary N) is 3. The van der Waals surface area contributed by atoms with Crippen LogP contribution < -0.4 is 15.4 Å². The molecule has 0 bridgehead atoms. The van der Waals surface area contributed by atoms with Crippen LogP contribution in [0, 0.1) is 10.1 Å².